The summed E-state index contributed by atoms with van der Waals surface area (Å²) in [5, 5.41) is 2.66. The third kappa shape index (κ3) is 2.77. The molecule has 0 atom stereocenters. The van der Waals surface area contributed by atoms with Crippen molar-refractivity contribution in [3.63, 3.8) is 0 Å². The third-order valence-corrected chi connectivity index (χ3v) is 1.82. The molecule has 0 aliphatic heterocycles. The molecule has 5 nitrogen and oxygen atoms in total. The van der Waals surface area contributed by atoms with Crippen molar-refractivity contribution in [2.24, 2.45) is 5.73 Å². The van der Waals surface area contributed by atoms with E-state index >= 15 is 0 Å². The summed E-state index contributed by atoms with van der Waals surface area (Å²) in [5.41, 5.74) is 5.33. The van der Waals surface area contributed by atoms with Crippen LogP contribution in [0.5, 0.6) is 0 Å². The number of carbonyl (C=O) groups is 2. The lowest BCUT2D eigenvalue weighted by molar-refractivity contribution is 0.0933. The summed E-state index contributed by atoms with van der Waals surface area (Å²) in [4.78, 5) is 26.3. The van der Waals surface area contributed by atoms with Crippen LogP contribution in [-0.2, 0) is 0 Å². The van der Waals surface area contributed by atoms with E-state index in [0.29, 0.717) is 6.54 Å². The van der Waals surface area contributed by atoms with Crippen LogP contribution in [-0.4, -0.2) is 23.3 Å². The first kappa shape index (κ1) is 11.2. The molecule has 1 heterocycles. The average molecular weight is 207 g/mol. The van der Waals surface area contributed by atoms with Crippen molar-refractivity contribution < 1.29 is 9.59 Å². The van der Waals surface area contributed by atoms with Gasteiger partial charge in [0, 0.05) is 12.7 Å². The quantitative estimate of drug-likeness (QED) is 0.745. The van der Waals surface area contributed by atoms with E-state index in [1.165, 1.54) is 12.3 Å². The van der Waals surface area contributed by atoms with Crippen molar-refractivity contribution in [3.05, 3.63) is 29.6 Å². The minimum atomic E-state index is -0.697. The summed E-state index contributed by atoms with van der Waals surface area (Å²) in [6, 6.07) is 3.12. The zero-order chi connectivity index (χ0) is 11.3. The van der Waals surface area contributed by atoms with E-state index in [2.05, 4.69) is 10.3 Å². The molecule has 0 unspecified atom stereocenters. The average Bonchev–Trinajstić information content (AvgIpc) is 2.25. The SMILES string of the molecule is CCCNC(=O)c1cccnc1C(N)=O. The van der Waals surface area contributed by atoms with Crippen LogP contribution in [0.4, 0.5) is 0 Å². The van der Waals surface area contributed by atoms with Gasteiger partial charge in [0.25, 0.3) is 11.8 Å². The van der Waals surface area contributed by atoms with Gasteiger partial charge in [-0.25, -0.2) is 0 Å². The van der Waals surface area contributed by atoms with E-state index in [1.807, 2.05) is 6.92 Å². The van der Waals surface area contributed by atoms with Crippen LogP contribution in [0.2, 0.25) is 0 Å². The van der Waals surface area contributed by atoms with Crippen LogP contribution in [0, 0.1) is 0 Å². The largest absolute Gasteiger partial charge is 0.364 e. The van der Waals surface area contributed by atoms with E-state index in [1.54, 1.807) is 6.07 Å². The normalized spacial score (nSPS) is 9.67. The van der Waals surface area contributed by atoms with Gasteiger partial charge in [0.1, 0.15) is 5.69 Å². The summed E-state index contributed by atoms with van der Waals surface area (Å²) in [6.07, 6.45) is 2.26. The van der Waals surface area contributed by atoms with E-state index in [4.69, 9.17) is 5.73 Å². The highest BCUT2D eigenvalue weighted by atomic mass is 16.2. The van der Waals surface area contributed by atoms with Gasteiger partial charge in [0.2, 0.25) is 0 Å². The lowest BCUT2D eigenvalue weighted by Gasteiger charge is -2.05. The maximum atomic E-state index is 11.6. The molecule has 5 heteroatoms. The van der Waals surface area contributed by atoms with Crippen LogP contribution >= 0.6 is 0 Å². The van der Waals surface area contributed by atoms with Gasteiger partial charge in [0.15, 0.2) is 0 Å². The topological polar surface area (TPSA) is 85.1 Å². The monoisotopic (exact) mass is 207 g/mol. The lowest BCUT2D eigenvalue weighted by atomic mass is 10.1. The molecule has 0 saturated carbocycles. The fourth-order valence-electron chi connectivity index (χ4n) is 1.12. The summed E-state index contributed by atoms with van der Waals surface area (Å²) >= 11 is 0. The lowest BCUT2D eigenvalue weighted by Crippen LogP contribution is -2.28. The second kappa shape index (κ2) is 5.09. The number of pyridine rings is 1. The van der Waals surface area contributed by atoms with E-state index in [0.717, 1.165) is 6.42 Å². The minimum absolute atomic E-state index is 0.00565. The molecule has 1 rings (SSSR count). The molecule has 80 valence electrons. The Kier molecular flexibility index (Phi) is 3.79. The fraction of sp³-hybridized carbons (Fsp3) is 0.300. The predicted octanol–water partition coefficient (Wildman–Crippen LogP) is 0.320. The van der Waals surface area contributed by atoms with Crippen molar-refractivity contribution >= 4 is 11.8 Å². The molecule has 0 aliphatic carbocycles. The molecular weight excluding hydrogens is 194 g/mol. The number of nitrogens with zero attached hydrogens (tertiary/aromatic N) is 1. The van der Waals surface area contributed by atoms with E-state index in [-0.39, 0.29) is 17.2 Å². The van der Waals surface area contributed by atoms with Gasteiger partial charge in [-0.1, -0.05) is 6.92 Å². The second-order valence-electron chi connectivity index (χ2n) is 3.02. The number of nitrogens with two attached hydrogens (primary N) is 1. The van der Waals surface area contributed by atoms with E-state index < -0.39 is 5.91 Å². The Balaban J connectivity index is 2.92. The number of primary amides is 1. The first-order chi connectivity index (χ1) is 7.16. The van der Waals surface area contributed by atoms with Gasteiger partial charge in [-0.3, -0.25) is 14.6 Å². The molecule has 0 radical (unpaired) electrons. The Morgan fingerprint density at radius 3 is 2.87 bits per heavy atom. The highest BCUT2D eigenvalue weighted by Gasteiger charge is 2.14. The summed E-state index contributed by atoms with van der Waals surface area (Å²) in [5.74, 6) is -1.02. The Hall–Kier alpha value is -1.91. The highest BCUT2D eigenvalue weighted by molar-refractivity contribution is 6.05. The van der Waals surface area contributed by atoms with Crippen molar-refractivity contribution in [1.29, 1.82) is 0 Å². The molecule has 0 aliphatic rings. The van der Waals surface area contributed by atoms with Crippen molar-refractivity contribution in [3.8, 4) is 0 Å². The molecule has 3 N–H and O–H groups in total. The van der Waals surface area contributed by atoms with Gasteiger partial charge in [-0.05, 0) is 18.6 Å². The molecule has 0 spiro atoms. The third-order valence-electron chi connectivity index (χ3n) is 1.82. The second-order valence-corrected chi connectivity index (χ2v) is 3.02. The number of hydrogen-bond acceptors (Lipinski definition) is 3. The standard InChI is InChI=1S/C10H13N3O2/c1-2-5-13-10(15)7-4-3-6-12-8(7)9(11)14/h3-4,6H,2,5H2,1H3,(H2,11,14)(H,13,15). The first-order valence-corrected chi connectivity index (χ1v) is 4.69. The number of rotatable bonds is 4. The first-order valence-electron chi connectivity index (χ1n) is 4.69. The predicted molar refractivity (Wildman–Crippen MR) is 55.4 cm³/mol. The minimum Gasteiger partial charge on any atom is -0.364 e. The van der Waals surface area contributed by atoms with Crippen molar-refractivity contribution in [2.45, 2.75) is 13.3 Å². The molecule has 0 saturated heterocycles. The van der Waals surface area contributed by atoms with Crippen LogP contribution in [0.25, 0.3) is 0 Å². The molecule has 1 aromatic heterocycles. The smallest absolute Gasteiger partial charge is 0.268 e. The summed E-state index contributed by atoms with van der Waals surface area (Å²) < 4.78 is 0. The van der Waals surface area contributed by atoms with Crippen LogP contribution in [0.1, 0.15) is 34.2 Å². The fourth-order valence-corrected chi connectivity index (χ4v) is 1.12. The van der Waals surface area contributed by atoms with Gasteiger partial charge in [0.05, 0.1) is 5.56 Å². The van der Waals surface area contributed by atoms with Crippen LogP contribution in [0.15, 0.2) is 18.3 Å². The molecule has 0 aromatic carbocycles. The van der Waals surface area contributed by atoms with Gasteiger partial charge in [-0.2, -0.15) is 0 Å². The van der Waals surface area contributed by atoms with Gasteiger partial charge in [-0.15, -0.1) is 0 Å². The zero-order valence-electron chi connectivity index (χ0n) is 8.49. The maximum Gasteiger partial charge on any atom is 0.268 e. The summed E-state index contributed by atoms with van der Waals surface area (Å²) in [7, 11) is 0. The number of carbonyl (C=O) groups excluding carboxylic acids is 2. The van der Waals surface area contributed by atoms with Crippen LogP contribution in [0.3, 0.4) is 0 Å². The van der Waals surface area contributed by atoms with Crippen molar-refractivity contribution in [2.75, 3.05) is 6.54 Å². The number of aromatic nitrogens is 1. The Morgan fingerprint density at radius 2 is 2.27 bits per heavy atom. The highest BCUT2D eigenvalue weighted by Crippen LogP contribution is 2.04. The molecule has 0 fully saturated rings. The zero-order valence-corrected chi connectivity index (χ0v) is 8.49. The number of amides is 2. The van der Waals surface area contributed by atoms with Crippen LogP contribution < -0.4 is 11.1 Å². The number of nitrogens with one attached hydrogen (secondary N) is 1. The summed E-state index contributed by atoms with van der Waals surface area (Å²) in [6.45, 7) is 2.50. The van der Waals surface area contributed by atoms with Gasteiger partial charge >= 0.3 is 0 Å². The maximum absolute atomic E-state index is 11.6. The molecule has 0 bridgehead atoms. The number of hydrogen-bond donors (Lipinski definition) is 2. The Labute approximate surface area is 87.7 Å². The Bertz CT molecular complexity index is 377. The molecule has 15 heavy (non-hydrogen) atoms. The molecular formula is C10H13N3O2. The van der Waals surface area contributed by atoms with Crippen molar-refractivity contribution in [1.82, 2.24) is 10.3 Å². The Morgan fingerprint density at radius 1 is 1.53 bits per heavy atom. The molecule has 2 amide bonds. The van der Waals surface area contributed by atoms with E-state index in [9.17, 15) is 9.59 Å². The van der Waals surface area contributed by atoms with Gasteiger partial charge < -0.3 is 11.1 Å². The molecule has 1 aromatic rings.